The first-order chi connectivity index (χ1) is 12.1. The van der Waals surface area contributed by atoms with E-state index in [1.54, 1.807) is 15.4 Å². The molecular formula is C17H18F2N6. The highest BCUT2D eigenvalue weighted by Gasteiger charge is 2.38. The maximum atomic E-state index is 13.3. The Morgan fingerprint density at radius 3 is 2.84 bits per heavy atom. The molecule has 2 aromatic heterocycles. The average molecular weight is 344 g/mol. The highest BCUT2D eigenvalue weighted by atomic mass is 19.2. The van der Waals surface area contributed by atoms with Gasteiger partial charge in [-0.2, -0.15) is 5.10 Å². The van der Waals surface area contributed by atoms with Crippen LogP contribution >= 0.6 is 0 Å². The molecule has 0 bridgehead atoms. The largest absolute Gasteiger partial charge is 0.308 e. The molecule has 0 aliphatic heterocycles. The van der Waals surface area contributed by atoms with Crippen LogP contribution in [0.2, 0.25) is 0 Å². The molecule has 2 atom stereocenters. The number of nitrogens with zero attached hydrogens (tertiary/aromatic N) is 5. The van der Waals surface area contributed by atoms with E-state index < -0.39 is 11.6 Å². The van der Waals surface area contributed by atoms with E-state index in [9.17, 15) is 8.78 Å². The zero-order valence-corrected chi connectivity index (χ0v) is 13.7. The summed E-state index contributed by atoms with van der Waals surface area (Å²) >= 11 is 0. The first-order valence-electron chi connectivity index (χ1n) is 8.14. The molecule has 8 heteroatoms. The summed E-state index contributed by atoms with van der Waals surface area (Å²) < 4.78 is 29.8. The summed E-state index contributed by atoms with van der Waals surface area (Å²) in [5.41, 5.74) is 2.59. The van der Waals surface area contributed by atoms with Crippen LogP contribution in [-0.4, -0.2) is 30.8 Å². The number of hydrogen-bond acceptors (Lipinski definition) is 4. The van der Waals surface area contributed by atoms with Gasteiger partial charge in [-0.1, -0.05) is 11.3 Å². The van der Waals surface area contributed by atoms with Crippen LogP contribution < -0.4 is 5.32 Å². The van der Waals surface area contributed by atoms with Crippen molar-refractivity contribution in [2.24, 2.45) is 7.05 Å². The Hall–Kier alpha value is -2.61. The lowest BCUT2D eigenvalue weighted by Gasteiger charge is -2.03. The topological polar surface area (TPSA) is 60.6 Å². The maximum absolute atomic E-state index is 13.3. The van der Waals surface area contributed by atoms with Crippen molar-refractivity contribution in [1.29, 1.82) is 0 Å². The summed E-state index contributed by atoms with van der Waals surface area (Å²) in [5, 5.41) is 15.9. The summed E-state index contributed by atoms with van der Waals surface area (Å²) in [6.07, 6.45) is 4.68. The lowest BCUT2D eigenvalue weighted by atomic mass is 10.1. The molecule has 0 spiro atoms. The van der Waals surface area contributed by atoms with Gasteiger partial charge in [0.1, 0.15) is 0 Å². The van der Waals surface area contributed by atoms with Crippen LogP contribution in [0.4, 0.5) is 8.78 Å². The SMILES string of the molecule is Cn1ccc(Cn2cc(CN[C@@H]3C[C@H]3c3ccc(F)c(F)c3)nn2)n1. The van der Waals surface area contributed by atoms with E-state index in [0.29, 0.717) is 13.1 Å². The zero-order valence-electron chi connectivity index (χ0n) is 13.7. The Morgan fingerprint density at radius 1 is 1.20 bits per heavy atom. The second kappa shape index (κ2) is 6.36. The van der Waals surface area contributed by atoms with E-state index in [1.807, 2.05) is 25.5 Å². The first-order valence-corrected chi connectivity index (χ1v) is 8.14. The van der Waals surface area contributed by atoms with Gasteiger partial charge in [0.15, 0.2) is 11.6 Å². The van der Waals surface area contributed by atoms with E-state index in [2.05, 4.69) is 20.7 Å². The smallest absolute Gasteiger partial charge is 0.159 e. The molecule has 0 radical (unpaired) electrons. The zero-order chi connectivity index (χ0) is 17.4. The minimum absolute atomic E-state index is 0.221. The molecule has 4 rings (SSSR count). The van der Waals surface area contributed by atoms with Gasteiger partial charge in [-0.25, -0.2) is 13.5 Å². The Morgan fingerprint density at radius 2 is 2.08 bits per heavy atom. The van der Waals surface area contributed by atoms with Crippen molar-refractivity contribution in [3.63, 3.8) is 0 Å². The summed E-state index contributed by atoms with van der Waals surface area (Å²) in [4.78, 5) is 0. The normalized spacial score (nSPS) is 19.3. The van der Waals surface area contributed by atoms with Crippen LogP contribution in [0.3, 0.4) is 0 Å². The van der Waals surface area contributed by atoms with Gasteiger partial charge in [0.2, 0.25) is 0 Å². The molecule has 1 fully saturated rings. The summed E-state index contributed by atoms with van der Waals surface area (Å²) in [5.74, 6) is -1.38. The van der Waals surface area contributed by atoms with Crippen molar-refractivity contribution < 1.29 is 8.78 Å². The van der Waals surface area contributed by atoms with Gasteiger partial charge in [-0.05, 0) is 30.2 Å². The van der Waals surface area contributed by atoms with Gasteiger partial charge >= 0.3 is 0 Å². The third-order valence-electron chi connectivity index (χ3n) is 4.39. The fraction of sp³-hybridized carbons (Fsp3) is 0.353. The summed E-state index contributed by atoms with van der Waals surface area (Å²) in [6.45, 7) is 1.17. The van der Waals surface area contributed by atoms with Crippen LogP contribution in [0, 0.1) is 11.6 Å². The quantitative estimate of drug-likeness (QED) is 0.743. The van der Waals surface area contributed by atoms with Crippen LogP contribution in [0.15, 0.2) is 36.7 Å². The minimum Gasteiger partial charge on any atom is -0.308 e. The van der Waals surface area contributed by atoms with Crippen molar-refractivity contribution in [1.82, 2.24) is 30.1 Å². The molecule has 1 aliphatic carbocycles. The lowest BCUT2D eigenvalue weighted by molar-refractivity contribution is 0.506. The Labute approximate surface area is 143 Å². The van der Waals surface area contributed by atoms with Gasteiger partial charge in [-0.3, -0.25) is 4.68 Å². The lowest BCUT2D eigenvalue weighted by Crippen LogP contribution is -2.17. The second-order valence-corrected chi connectivity index (χ2v) is 6.39. The number of nitrogens with one attached hydrogen (secondary N) is 1. The van der Waals surface area contributed by atoms with Crippen molar-refractivity contribution in [2.75, 3.05) is 0 Å². The molecule has 130 valence electrons. The van der Waals surface area contributed by atoms with E-state index in [0.717, 1.165) is 23.4 Å². The van der Waals surface area contributed by atoms with Crippen LogP contribution in [0.5, 0.6) is 0 Å². The van der Waals surface area contributed by atoms with Crippen molar-refractivity contribution in [3.05, 3.63) is 65.2 Å². The van der Waals surface area contributed by atoms with Crippen LogP contribution in [-0.2, 0) is 20.1 Å². The van der Waals surface area contributed by atoms with Crippen molar-refractivity contribution in [2.45, 2.75) is 31.5 Å². The maximum Gasteiger partial charge on any atom is 0.159 e. The Balaban J connectivity index is 1.30. The number of rotatable bonds is 6. The second-order valence-electron chi connectivity index (χ2n) is 6.39. The molecule has 0 amide bonds. The minimum atomic E-state index is -0.807. The molecule has 25 heavy (non-hydrogen) atoms. The van der Waals surface area contributed by atoms with E-state index in [1.165, 1.54) is 12.1 Å². The standard InChI is InChI=1S/C17H18F2N6/c1-24-5-4-12(22-24)9-25-10-13(21-23-25)8-20-17-7-14(17)11-2-3-15(18)16(19)6-11/h2-6,10,14,17,20H,7-9H2,1H3/t14-,17+/m0/s1. The molecule has 2 heterocycles. The monoisotopic (exact) mass is 344 g/mol. The van der Waals surface area contributed by atoms with Gasteiger partial charge in [0.25, 0.3) is 0 Å². The molecule has 0 saturated heterocycles. The van der Waals surface area contributed by atoms with Crippen LogP contribution in [0.1, 0.15) is 29.3 Å². The van der Waals surface area contributed by atoms with Crippen LogP contribution in [0.25, 0.3) is 0 Å². The average Bonchev–Trinajstić information content (AvgIpc) is 3.04. The number of hydrogen-bond donors (Lipinski definition) is 1. The van der Waals surface area contributed by atoms with Gasteiger partial charge < -0.3 is 5.32 Å². The summed E-state index contributed by atoms with van der Waals surface area (Å²) in [7, 11) is 1.87. The molecule has 1 saturated carbocycles. The van der Waals surface area contributed by atoms with Gasteiger partial charge in [0.05, 0.1) is 24.1 Å². The van der Waals surface area contributed by atoms with Crippen molar-refractivity contribution in [3.8, 4) is 0 Å². The van der Waals surface area contributed by atoms with Gasteiger partial charge in [0, 0.05) is 31.7 Å². The number of halogens is 2. The fourth-order valence-corrected chi connectivity index (χ4v) is 2.98. The fourth-order valence-electron chi connectivity index (χ4n) is 2.98. The highest BCUT2D eigenvalue weighted by Crippen LogP contribution is 2.41. The van der Waals surface area contributed by atoms with Crippen molar-refractivity contribution >= 4 is 0 Å². The summed E-state index contributed by atoms with van der Waals surface area (Å²) in [6, 6.07) is 6.31. The van der Waals surface area contributed by atoms with E-state index in [-0.39, 0.29) is 12.0 Å². The Bertz CT molecular complexity index is 887. The number of benzene rings is 1. The first kappa shape index (κ1) is 15.9. The van der Waals surface area contributed by atoms with E-state index >= 15 is 0 Å². The number of aryl methyl sites for hydroxylation is 1. The third-order valence-corrected chi connectivity index (χ3v) is 4.39. The molecule has 0 unspecified atom stereocenters. The molecule has 1 N–H and O–H groups in total. The van der Waals surface area contributed by atoms with Gasteiger partial charge in [-0.15, -0.1) is 5.10 Å². The molecule has 1 aliphatic rings. The molecular weight excluding hydrogens is 326 g/mol. The third kappa shape index (κ3) is 3.58. The highest BCUT2D eigenvalue weighted by molar-refractivity contribution is 5.29. The predicted octanol–water partition coefficient (Wildman–Crippen LogP) is 1.98. The Kier molecular flexibility index (Phi) is 4.04. The predicted molar refractivity (Wildman–Crippen MR) is 86.7 cm³/mol. The van der Waals surface area contributed by atoms with E-state index in [4.69, 9.17) is 0 Å². The molecule has 6 nitrogen and oxygen atoms in total. The molecule has 1 aromatic carbocycles. The number of aromatic nitrogens is 5. The molecule has 3 aromatic rings.